The lowest BCUT2D eigenvalue weighted by atomic mass is 10.2. The van der Waals surface area contributed by atoms with E-state index < -0.39 is 0 Å². The van der Waals surface area contributed by atoms with Crippen molar-refractivity contribution in [2.24, 2.45) is 5.73 Å². The zero-order chi connectivity index (χ0) is 8.39. The SMILES string of the molecule is NCCc1cccc2cncn12. The molecule has 62 valence electrons. The second kappa shape index (κ2) is 2.95. The molecule has 0 saturated heterocycles. The number of pyridine rings is 1. The van der Waals surface area contributed by atoms with Gasteiger partial charge in [0.25, 0.3) is 0 Å². The molecule has 3 heteroatoms. The lowest BCUT2D eigenvalue weighted by Crippen LogP contribution is -2.06. The molecule has 2 heterocycles. The van der Waals surface area contributed by atoms with Crippen LogP contribution in [0.3, 0.4) is 0 Å². The van der Waals surface area contributed by atoms with Gasteiger partial charge in [-0.3, -0.25) is 0 Å². The summed E-state index contributed by atoms with van der Waals surface area (Å²) in [5.74, 6) is 0. The summed E-state index contributed by atoms with van der Waals surface area (Å²) in [6.07, 6.45) is 4.56. The molecule has 3 nitrogen and oxygen atoms in total. The van der Waals surface area contributed by atoms with Crippen molar-refractivity contribution >= 4 is 5.52 Å². The van der Waals surface area contributed by atoms with Crippen LogP contribution in [-0.2, 0) is 6.42 Å². The number of nitrogens with zero attached hydrogens (tertiary/aromatic N) is 2. The van der Waals surface area contributed by atoms with Gasteiger partial charge in [0, 0.05) is 12.1 Å². The third-order valence-corrected chi connectivity index (χ3v) is 1.93. The number of hydrogen-bond acceptors (Lipinski definition) is 2. The fourth-order valence-electron chi connectivity index (χ4n) is 1.36. The highest BCUT2D eigenvalue weighted by molar-refractivity contribution is 5.45. The van der Waals surface area contributed by atoms with Gasteiger partial charge in [0.2, 0.25) is 0 Å². The molecule has 0 aliphatic heterocycles. The van der Waals surface area contributed by atoms with Gasteiger partial charge in [0.1, 0.15) is 0 Å². The molecule has 0 bridgehead atoms. The van der Waals surface area contributed by atoms with Crippen LogP contribution < -0.4 is 5.73 Å². The quantitative estimate of drug-likeness (QED) is 0.709. The zero-order valence-electron chi connectivity index (χ0n) is 6.77. The number of nitrogens with two attached hydrogens (primary N) is 1. The molecule has 2 aromatic rings. The average Bonchev–Trinajstić information content (AvgIpc) is 2.53. The minimum absolute atomic E-state index is 0.678. The summed E-state index contributed by atoms with van der Waals surface area (Å²) in [5.41, 5.74) is 7.83. The van der Waals surface area contributed by atoms with Gasteiger partial charge in [-0.2, -0.15) is 0 Å². The van der Waals surface area contributed by atoms with Crippen LogP contribution in [0.1, 0.15) is 5.69 Å². The molecule has 0 spiro atoms. The van der Waals surface area contributed by atoms with E-state index in [1.807, 2.05) is 24.7 Å². The predicted octanol–water partition coefficient (Wildman–Crippen LogP) is 0.835. The van der Waals surface area contributed by atoms with Gasteiger partial charge < -0.3 is 10.1 Å². The molecule has 2 N–H and O–H groups in total. The molecule has 2 rings (SSSR count). The van der Waals surface area contributed by atoms with E-state index in [1.54, 1.807) is 0 Å². The van der Waals surface area contributed by atoms with Crippen LogP contribution in [0.4, 0.5) is 0 Å². The molecule has 0 fully saturated rings. The van der Waals surface area contributed by atoms with Gasteiger partial charge in [0.15, 0.2) is 0 Å². The Bertz CT molecular complexity index is 378. The summed E-state index contributed by atoms with van der Waals surface area (Å²) in [5, 5.41) is 0. The Balaban J connectivity index is 2.57. The highest BCUT2D eigenvalue weighted by Crippen LogP contribution is 2.06. The van der Waals surface area contributed by atoms with E-state index in [9.17, 15) is 0 Å². The van der Waals surface area contributed by atoms with Crippen molar-refractivity contribution in [3.05, 3.63) is 36.4 Å². The summed E-state index contributed by atoms with van der Waals surface area (Å²) in [7, 11) is 0. The number of imidazole rings is 1. The van der Waals surface area contributed by atoms with E-state index in [0.29, 0.717) is 6.54 Å². The molecule has 0 amide bonds. The predicted molar refractivity (Wildman–Crippen MR) is 48.0 cm³/mol. The van der Waals surface area contributed by atoms with Crippen molar-refractivity contribution in [2.75, 3.05) is 6.54 Å². The maximum absolute atomic E-state index is 5.49. The first-order chi connectivity index (χ1) is 5.92. The standard InChI is InChI=1S/C9H11N3/c10-5-4-8-2-1-3-9-6-11-7-12(8)9/h1-3,6-7H,4-5,10H2. The number of fused-ring (bicyclic) bond motifs is 1. The topological polar surface area (TPSA) is 43.3 Å². The van der Waals surface area contributed by atoms with Crippen molar-refractivity contribution < 1.29 is 0 Å². The Morgan fingerprint density at radius 2 is 2.33 bits per heavy atom. The first kappa shape index (κ1) is 7.31. The van der Waals surface area contributed by atoms with Crippen LogP contribution in [0.5, 0.6) is 0 Å². The van der Waals surface area contributed by atoms with Crippen LogP contribution >= 0.6 is 0 Å². The molecular weight excluding hydrogens is 150 g/mol. The molecule has 0 unspecified atom stereocenters. The molecule has 0 aliphatic rings. The largest absolute Gasteiger partial charge is 0.330 e. The Kier molecular flexibility index (Phi) is 1.80. The zero-order valence-corrected chi connectivity index (χ0v) is 6.77. The highest BCUT2D eigenvalue weighted by atomic mass is 15.0. The second-order valence-corrected chi connectivity index (χ2v) is 2.74. The Hall–Kier alpha value is -1.35. The van der Waals surface area contributed by atoms with E-state index in [1.165, 1.54) is 5.69 Å². The van der Waals surface area contributed by atoms with Crippen molar-refractivity contribution in [1.29, 1.82) is 0 Å². The molecule has 0 radical (unpaired) electrons. The number of hydrogen-bond donors (Lipinski definition) is 1. The van der Waals surface area contributed by atoms with Crippen molar-refractivity contribution in [3.63, 3.8) is 0 Å². The van der Waals surface area contributed by atoms with Crippen LogP contribution in [-0.4, -0.2) is 15.9 Å². The van der Waals surface area contributed by atoms with Gasteiger partial charge in [-0.1, -0.05) is 6.07 Å². The van der Waals surface area contributed by atoms with Gasteiger partial charge in [-0.05, 0) is 18.7 Å². The molecule has 0 aromatic carbocycles. The smallest absolute Gasteiger partial charge is 0.0994 e. The van der Waals surface area contributed by atoms with Gasteiger partial charge in [0.05, 0.1) is 18.0 Å². The monoisotopic (exact) mass is 161 g/mol. The maximum Gasteiger partial charge on any atom is 0.0994 e. The third kappa shape index (κ3) is 1.08. The summed E-state index contributed by atoms with van der Waals surface area (Å²) in [6.45, 7) is 0.678. The highest BCUT2D eigenvalue weighted by Gasteiger charge is 1.97. The van der Waals surface area contributed by atoms with E-state index in [0.717, 1.165) is 11.9 Å². The van der Waals surface area contributed by atoms with Crippen LogP contribution in [0.25, 0.3) is 5.52 Å². The Labute approximate surface area is 70.8 Å². The summed E-state index contributed by atoms with van der Waals surface area (Å²) in [4.78, 5) is 4.07. The molecule has 12 heavy (non-hydrogen) atoms. The number of rotatable bonds is 2. The average molecular weight is 161 g/mol. The first-order valence-electron chi connectivity index (χ1n) is 4.02. The van der Waals surface area contributed by atoms with Gasteiger partial charge in [-0.15, -0.1) is 0 Å². The van der Waals surface area contributed by atoms with Crippen molar-refractivity contribution in [3.8, 4) is 0 Å². The third-order valence-electron chi connectivity index (χ3n) is 1.93. The van der Waals surface area contributed by atoms with Crippen molar-refractivity contribution in [1.82, 2.24) is 9.38 Å². The maximum atomic E-state index is 5.49. The number of aromatic nitrogens is 2. The molecule has 0 atom stereocenters. The van der Waals surface area contributed by atoms with Crippen LogP contribution in [0, 0.1) is 0 Å². The van der Waals surface area contributed by atoms with Crippen LogP contribution in [0.15, 0.2) is 30.7 Å². The van der Waals surface area contributed by atoms with E-state index in [4.69, 9.17) is 5.73 Å². The van der Waals surface area contributed by atoms with Crippen molar-refractivity contribution in [2.45, 2.75) is 6.42 Å². The second-order valence-electron chi connectivity index (χ2n) is 2.74. The molecule has 0 aliphatic carbocycles. The normalized spacial score (nSPS) is 10.8. The van der Waals surface area contributed by atoms with Gasteiger partial charge in [-0.25, -0.2) is 4.98 Å². The van der Waals surface area contributed by atoms with Crippen LogP contribution in [0.2, 0.25) is 0 Å². The summed E-state index contributed by atoms with van der Waals surface area (Å²) in [6, 6.07) is 6.14. The lowest BCUT2D eigenvalue weighted by Gasteiger charge is -2.02. The van der Waals surface area contributed by atoms with E-state index >= 15 is 0 Å². The molecule has 0 saturated carbocycles. The van der Waals surface area contributed by atoms with Gasteiger partial charge >= 0.3 is 0 Å². The Morgan fingerprint density at radius 1 is 1.42 bits per heavy atom. The lowest BCUT2D eigenvalue weighted by molar-refractivity contribution is 0.893. The summed E-state index contributed by atoms with van der Waals surface area (Å²) < 4.78 is 2.06. The molecule has 2 aromatic heterocycles. The first-order valence-corrected chi connectivity index (χ1v) is 4.02. The molecular formula is C9H11N3. The fraction of sp³-hybridized carbons (Fsp3) is 0.222. The Morgan fingerprint density at radius 3 is 3.17 bits per heavy atom. The summed E-state index contributed by atoms with van der Waals surface area (Å²) >= 11 is 0. The van der Waals surface area contributed by atoms with E-state index in [2.05, 4.69) is 15.5 Å². The van der Waals surface area contributed by atoms with E-state index in [-0.39, 0.29) is 0 Å². The minimum Gasteiger partial charge on any atom is -0.330 e. The fourth-order valence-corrected chi connectivity index (χ4v) is 1.36. The minimum atomic E-state index is 0.678.